The SMILES string of the molecule is CNC(=O)c1ccccc1Nc1nc(N(CCOC)c2ccc3c(c2OC)CCCC(=O)N3)ncc1Cl. The Balaban J connectivity index is 1.76. The van der Waals surface area contributed by atoms with Crippen LogP contribution in [0.3, 0.4) is 0 Å². The van der Waals surface area contributed by atoms with Crippen LogP contribution in [0.4, 0.5) is 28.8 Å². The molecule has 0 bridgehead atoms. The topological polar surface area (TPSA) is 118 Å². The Kier molecular flexibility index (Phi) is 8.42. The molecule has 1 aliphatic rings. The molecule has 37 heavy (non-hydrogen) atoms. The van der Waals surface area contributed by atoms with Crippen LogP contribution in [-0.2, 0) is 16.0 Å². The number of rotatable bonds is 9. The Morgan fingerprint density at radius 2 is 2.00 bits per heavy atom. The van der Waals surface area contributed by atoms with E-state index in [1.54, 1.807) is 39.5 Å². The summed E-state index contributed by atoms with van der Waals surface area (Å²) in [6.45, 7) is 0.819. The van der Waals surface area contributed by atoms with Crippen molar-refractivity contribution in [1.29, 1.82) is 0 Å². The minimum absolute atomic E-state index is 0.0152. The van der Waals surface area contributed by atoms with Crippen LogP contribution in [0.2, 0.25) is 5.02 Å². The molecule has 0 radical (unpaired) electrons. The molecule has 0 spiro atoms. The largest absolute Gasteiger partial charge is 0.494 e. The van der Waals surface area contributed by atoms with Crippen molar-refractivity contribution in [3.8, 4) is 5.75 Å². The average Bonchev–Trinajstić information content (AvgIpc) is 3.10. The Morgan fingerprint density at radius 1 is 1.19 bits per heavy atom. The molecule has 0 saturated carbocycles. The van der Waals surface area contributed by atoms with Crippen molar-refractivity contribution in [3.63, 3.8) is 0 Å². The summed E-state index contributed by atoms with van der Waals surface area (Å²) in [7, 11) is 4.79. The molecular formula is C26H29ClN6O4. The zero-order valence-electron chi connectivity index (χ0n) is 20.9. The molecule has 0 saturated heterocycles. The number of anilines is 5. The summed E-state index contributed by atoms with van der Waals surface area (Å²) in [6.07, 6.45) is 3.36. The van der Waals surface area contributed by atoms with Crippen molar-refractivity contribution >= 4 is 52.2 Å². The van der Waals surface area contributed by atoms with E-state index in [2.05, 4.69) is 20.9 Å². The molecular weight excluding hydrogens is 496 g/mol. The van der Waals surface area contributed by atoms with Crippen LogP contribution in [0, 0.1) is 0 Å². The Bertz CT molecular complexity index is 1300. The van der Waals surface area contributed by atoms with Crippen LogP contribution in [0.25, 0.3) is 0 Å². The van der Waals surface area contributed by atoms with E-state index in [1.807, 2.05) is 23.1 Å². The third-order valence-corrected chi connectivity index (χ3v) is 6.26. The molecule has 0 atom stereocenters. The number of nitrogens with zero attached hydrogens (tertiary/aromatic N) is 3. The quantitative estimate of drug-likeness (QED) is 0.379. The number of para-hydroxylation sites is 1. The number of carbonyl (C=O) groups excluding carboxylic acids is 2. The third-order valence-electron chi connectivity index (χ3n) is 5.98. The van der Waals surface area contributed by atoms with Crippen molar-refractivity contribution in [2.45, 2.75) is 19.3 Å². The van der Waals surface area contributed by atoms with Gasteiger partial charge in [-0.25, -0.2) is 4.98 Å². The number of carbonyl (C=O) groups is 2. The van der Waals surface area contributed by atoms with Gasteiger partial charge in [-0.2, -0.15) is 4.98 Å². The fourth-order valence-electron chi connectivity index (χ4n) is 4.20. The fourth-order valence-corrected chi connectivity index (χ4v) is 4.34. The Hall–Kier alpha value is -3.89. The van der Waals surface area contributed by atoms with Crippen LogP contribution >= 0.6 is 11.6 Å². The summed E-state index contributed by atoms with van der Waals surface area (Å²) in [6, 6.07) is 10.8. The lowest BCUT2D eigenvalue weighted by Crippen LogP contribution is -2.25. The third kappa shape index (κ3) is 5.76. The van der Waals surface area contributed by atoms with Crippen LogP contribution in [0.1, 0.15) is 28.8 Å². The number of fused-ring (bicyclic) bond motifs is 1. The van der Waals surface area contributed by atoms with Crippen LogP contribution < -0.4 is 25.6 Å². The van der Waals surface area contributed by atoms with E-state index in [-0.39, 0.29) is 11.8 Å². The number of hydrogen-bond donors (Lipinski definition) is 3. The second-order valence-corrected chi connectivity index (χ2v) is 8.71. The van der Waals surface area contributed by atoms with Gasteiger partial charge in [-0.3, -0.25) is 9.59 Å². The maximum atomic E-state index is 12.3. The zero-order valence-corrected chi connectivity index (χ0v) is 21.7. The maximum absolute atomic E-state index is 12.3. The highest BCUT2D eigenvalue weighted by Gasteiger charge is 2.24. The lowest BCUT2D eigenvalue weighted by Gasteiger charge is -2.27. The molecule has 10 nitrogen and oxygen atoms in total. The van der Waals surface area contributed by atoms with E-state index in [9.17, 15) is 9.59 Å². The highest BCUT2D eigenvalue weighted by molar-refractivity contribution is 6.33. The molecule has 2 heterocycles. The molecule has 194 valence electrons. The fraction of sp³-hybridized carbons (Fsp3) is 0.308. The summed E-state index contributed by atoms with van der Waals surface area (Å²) < 4.78 is 11.2. The number of methoxy groups -OCH3 is 2. The van der Waals surface area contributed by atoms with E-state index in [0.717, 1.165) is 16.9 Å². The first kappa shape index (κ1) is 26.2. The monoisotopic (exact) mass is 524 g/mol. The van der Waals surface area contributed by atoms with Gasteiger partial charge in [0.15, 0.2) is 5.82 Å². The van der Waals surface area contributed by atoms with E-state index in [4.69, 9.17) is 26.1 Å². The molecule has 1 aliphatic heterocycles. The highest BCUT2D eigenvalue weighted by Crippen LogP contribution is 2.41. The first-order valence-electron chi connectivity index (χ1n) is 11.8. The first-order valence-corrected chi connectivity index (χ1v) is 12.2. The van der Waals surface area contributed by atoms with Gasteiger partial charge in [-0.1, -0.05) is 23.7 Å². The lowest BCUT2D eigenvalue weighted by atomic mass is 10.0. The number of benzene rings is 2. The summed E-state index contributed by atoms with van der Waals surface area (Å²) in [5.74, 6) is 1.08. The normalized spacial score (nSPS) is 12.7. The van der Waals surface area contributed by atoms with Gasteiger partial charge in [-0.05, 0) is 37.1 Å². The van der Waals surface area contributed by atoms with Gasteiger partial charge in [-0.15, -0.1) is 0 Å². The number of amides is 2. The number of ether oxygens (including phenoxy) is 2. The first-order chi connectivity index (χ1) is 18.0. The summed E-state index contributed by atoms with van der Waals surface area (Å²) >= 11 is 6.46. The minimum atomic E-state index is -0.239. The molecule has 3 aromatic rings. The molecule has 2 aromatic carbocycles. The van der Waals surface area contributed by atoms with Crippen molar-refractivity contribution in [2.24, 2.45) is 0 Å². The van der Waals surface area contributed by atoms with Gasteiger partial charge in [0.1, 0.15) is 10.8 Å². The van der Waals surface area contributed by atoms with Crippen molar-refractivity contribution in [3.05, 3.63) is 58.7 Å². The zero-order chi connectivity index (χ0) is 26.4. The molecule has 0 aliphatic carbocycles. The molecule has 0 fully saturated rings. The van der Waals surface area contributed by atoms with E-state index in [1.165, 1.54) is 6.20 Å². The van der Waals surface area contributed by atoms with Crippen LogP contribution in [0.15, 0.2) is 42.6 Å². The second kappa shape index (κ2) is 11.9. The van der Waals surface area contributed by atoms with Gasteiger partial charge in [0.05, 0.1) is 36.9 Å². The van der Waals surface area contributed by atoms with Gasteiger partial charge in [0.25, 0.3) is 5.91 Å². The molecule has 0 unspecified atom stereocenters. The number of halogens is 1. The summed E-state index contributed by atoms with van der Waals surface area (Å²) in [4.78, 5) is 35.5. The molecule has 2 amide bonds. The van der Waals surface area contributed by atoms with E-state index < -0.39 is 0 Å². The van der Waals surface area contributed by atoms with E-state index in [0.29, 0.717) is 66.2 Å². The standard InChI is InChI=1S/C26H29ClN6O4/c1-28-25(35)17-7-4-5-9-19(17)31-24-18(27)15-29-26(32-24)33(13-14-36-2)21-12-11-20-16(23(21)37-3)8-6-10-22(34)30-20/h4-5,7,9,11-12,15H,6,8,10,13-14H2,1-3H3,(H,28,35)(H,30,34)(H,29,31,32). The van der Waals surface area contributed by atoms with Crippen molar-refractivity contribution < 1.29 is 19.1 Å². The van der Waals surface area contributed by atoms with Gasteiger partial charge >= 0.3 is 0 Å². The molecule has 1 aromatic heterocycles. The summed E-state index contributed by atoms with van der Waals surface area (Å²) in [5.41, 5.74) is 3.38. The number of hydrogen-bond acceptors (Lipinski definition) is 8. The molecule has 4 rings (SSSR count). The number of aromatic nitrogens is 2. The molecule has 3 N–H and O–H groups in total. The highest BCUT2D eigenvalue weighted by atomic mass is 35.5. The Labute approximate surface area is 220 Å². The second-order valence-electron chi connectivity index (χ2n) is 8.31. The van der Waals surface area contributed by atoms with E-state index >= 15 is 0 Å². The van der Waals surface area contributed by atoms with Crippen molar-refractivity contribution in [1.82, 2.24) is 15.3 Å². The van der Waals surface area contributed by atoms with Crippen LogP contribution in [-0.4, -0.2) is 56.2 Å². The Morgan fingerprint density at radius 3 is 2.76 bits per heavy atom. The summed E-state index contributed by atoms with van der Waals surface area (Å²) in [5, 5.41) is 9.05. The van der Waals surface area contributed by atoms with Gasteiger partial charge < -0.3 is 30.3 Å². The van der Waals surface area contributed by atoms with Gasteiger partial charge in [0, 0.05) is 38.4 Å². The maximum Gasteiger partial charge on any atom is 0.253 e. The minimum Gasteiger partial charge on any atom is -0.494 e. The molecule has 11 heteroatoms. The van der Waals surface area contributed by atoms with Crippen molar-refractivity contribution in [2.75, 3.05) is 50.0 Å². The van der Waals surface area contributed by atoms with Crippen LogP contribution in [0.5, 0.6) is 5.75 Å². The predicted molar refractivity (Wildman–Crippen MR) is 144 cm³/mol. The number of nitrogens with one attached hydrogen (secondary N) is 3. The van der Waals surface area contributed by atoms with Gasteiger partial charge in [0.2, 0.25) is 11.9 Å². The smallest absolute Gasteiger partial charge is 0.253 e. The average molecular weight is 525 g/mol. The lowest BCUT2D eigenvalue weighted by molar-refractivity contribution is -0.116. The predicted octanol–water partition coefficient (Wildman–Crippen LogP) is 4.30.